The summed E-state index contributed by atoms with van der Waals surface area (Å²) < 4.78 is 0. The van der Waals surface area contributed by atoms with Gasteiger partial charge in [-0.05, 0) is 6.92 Å². The average molecular weight is 180 g/mol. The van der Waals surface area contributed by atoms with Gasteiger partial charge in [0, 0.05) is 19.2 Å². The van der Waals surface area contributed by atoms with Crippen molar-refractivity contribution in [3.05, 3.63) is 36.5 Å². The lowest BCUT2D eigenvalue weighted by molar-refractivity contribution is -0.116. The second kappa shape index (κ2) is 8.74. The van der Waals surface area contributed by atoms with Crippen molar-refractivity contribution >= 4 is 5.91 Å². The van der Waals surface area contributed by atoms with E-state index in [1.54, 1.807) is 18.2 Å². The highest BCUT2D eigenvalue weighted by Crippen LogP contribution is 1.77. The molecule has 0 aromatic carbocycles. The minimum atomic E-state index is -0.0974. The van der Waals surface area contributed by atoms with E-state index in [2.05, 4.69) is 5.32 Å². The number of rotatable bonds is 5. The van der Waals surface area contributed by atoms with Gasteiger partial charge in [0.15, 0.2) is 0 Å². The van der Waals surface area contributed by atoms with Gasteiger partial charge in [-0.2, -0.15) is 0 Å². The highest BCUT2D eigenvalue weighted by Gasteiger charge is 1.88. The standard InChI is InChI=1S/C10H16N2O/c1-2-3-4-7-10(13)12-9-6-5-8-11/h2-7H,8-9,11H2,1H3,(H,12,13)/b3-2?,6-5+,7-4?. The Bertz CT molecular complexity index is 217. The number of carbonyl (C=O) groups excluding carboxylic acids is 1. The number of hydrogen-bond acceptors (Lipinski definition) is 2. The SMILES string of the molecule is CC=CC=CC(=O)NC/C=C/CN. The Morgan fingerprint density at radius 1 is 1.38 bits per heavy atom. The fourth-order valence-electron chi connectivity index (χ4n) is 0.652. The summed E-state index contributed by atoms with van der Waals surface area (Å²) in [5.41, 5.74) is 5.22. The topological polar surface area (TPSA) is 55.1 Å². The fraction of sp³-hybridized carbons (Fsp3) is 0.300. The van der Waals surface area contributed by atoms with Crippen LogP contribution >= 0.6 is 0 Å². The maximum atomic E-state index is 11.0. The van der Waals surface area contributed by atoms with Gasteiger partial charge in [0.25, 0.3) is 0 Å². The normalized spacial score (nSPS) is 11.8. The van der Waals surface area contributed by atoms with Crippen LogP contribution in [-0.4, -0.2) is 19.0 Å². The zero-order chi connectivity index (χ0) is 9.94. The van der Waals surface area contributed by atoms with Gasteiger partial charge in [0.1, 0.15) is 0 Å². The molecule has 13 heavy (non-hydrogen) atoms. The predicted octanol–water partition coefficient (Wildman–Crippen LogP) is 0.750. The van der Waals surface area contributed by atoms with Crippen molar-refractivity contribution in [3.63, 3.8) is 0 Å². The van der Waals surface area contributed by atoms with Crippen LogP contribution in [0.15, 0.2) is 36.5 Å². The van der Waals surface area contributed by atoms with Gasteiger partial charge in [0.05, 0.1) is 0 Å². The minimum absolute atomic E-state index is 0.0974. The summed E-state index contributed by atoms with van der Waals surface area (Å²) >= 11 is 0. The van der Waals surface area contributed by atoms with Crippen LogP contribution < -0.4 is 11.1 Å². The Labute approximate surface area is 79.0 Å². The average Bonchev–Trinajstić information content (AvgIpc) is 2.13. The van der Waals surface area contributed by atoms with Crippen LogP contribution in [0.5, 0.6) is 0 Å². The van der Waals surface area contributed by atoms with Crippen molar-refractivity contribution in [1.29, 1.82) is 0 Å². The molecular formula is C10H16N2O. The predicted molar refractivity (Wildman–Crippen MR) is 55.2 cm³/mol. The second-order valence-corrected chi connectivity index (χ2v) is 2.34. The van der Waals surface area contributed by atoms with E-state index < -0.39 is 0 Å². The Hall–Kier alpha value is -1.35. The van der Waals surface area contributed by atoms with Crippen molar-refractivity contribution in [2.75, 3.05) is 13.1 Å². The van der Waals surface area contributed by atoms with Crippen LogP contribution in [0.1, 0.15) is 6.92 Å². The monoisotopic (exact) mass is 180 g/mol. The molecule has 0 aliphatic heterocycles. The van der Waals surface area contributed by atoms with Gasteiger partial charge >= 0.3 is 0 Å². The molecule has 0 aromatic rings. The summed E-state index contributed by atoms with van der Waals surface area (Å²) in [6, 6.07) is 0. The van der Waals surface area contributed by atoms with Crippen molar-refractivity contribution in [1.82, 2.24) is 5.32 Å². The first-order chi connectivity index (χ1) is 6.31. The lowest BCUT2D eigenvalue weighted by Gasteiger charge is -1.94. The third-order valence-electron chi connectivity index (χ3n) is 1.25. The number of hydrogen-bond donors (Lipinski definition) is 2. The van der Waals surface area contributed by atoms with E-state index in [4.69, 9.17) is 5.73 Å². The van der Waals surface area contributed by atoms with E-state index in [9.17, 15) is 4.79 Å². The number of carbonyl (C=O) groups is 1. The third kappa shape index (κ3) is 8.56. The fourth-order valence-corrected chi connectivity index (χ4v) is 0.652. The Morgan fingerprint density at radius 3 is 2.77 bits per heavy atom. The number of amides is 1. The summed E-state index contributed by atoms with van der Waals surface area (Å²) in [4.78, 5) is 11.0. The molecule has 0 bridgehead atoms. The molecule has 0 spiro atoms. The zero-order valence-electron chi connectivity index (χ0n) is 7.86. The van der Waals surface area contributed by atoms with Crippen LogP contribution in [0.3, 0.4) is 0 Å². The highest BCUT2D eigenvalue weighted by atomic mass is 16.1. The van der Waals surface area contributed by atoms with Crippen LogP contribution in [-0.2, 0) is 4.79 Å². The second-order valence-electron chi connectivity index (χ2n) is 2.34. The quantitative estimate of drug-likeness (QED) is 0.372. The van der Waals surface area contributed by atoms with Gasteiger partial charge < -0.3 is 11.1 Å². The summed E-state index contributed by atoms with van der Waals surface area (Å²) in [5.74, 6) is -0.0974. The molecule has 0 saturated heterocycles. The largest absolute Gasteiger partial charge is 0.349 e. The molecule has 72 valence electrons. The van der Waals surface area contributed by atoms with Gasteiger partial charge in [-0.15, -0.1) is 0 Å². The number of allylic oxidation sites excluding steroid dienone is 3. The van der Waals surface area contributed by atoms with E-state index in [1.165, 1.54) is 6.08 Å². The lowest BCUT2D eigenvalue weighted by Crippen LogP contribution is -2.20. The van der Waals surface area contributed by atoms with Crippen LogP contribution in [0.4, 0.5) is 0 Å². The molecule has 0 aromatic heterocycles. The molecule has 0 aliphatic carbocycles. The van der Waals surface area contributed by atoms with Gasteiger partial charge in [-0.1, -0.05) is 30.4 Å². The number of nitrogens with one attached hydrogen (secondary N) is 1. The molecule has 0 aliphatic rings. The van der Waals surface area contributed by atoms with Crippen LogP contribution in [0.25, 0.3) is 0 Å². The van der Waals surface area contributed by atoms with Crippen LogP contribution in [0.2, 0.25) is 0 Å². The summed E-state index contributed by atoms with van der Waals surface area (Å²) in [5, 5.41) is 2.67. The van der Waals surface area contributed by atoms with E-state index in [0.29, 0.717) is 13.1 Å². The molecule has 0 atom stereocenters. The number of nitrogens with two attached hydrogens (primary N) is 1. The van der Waals surface area contributed by atoms with Gasteiger partial charge in [0.2, 0.25) is 5.91 Å². The summed E-state index contributed by atoms with van der Waals surface area (Å²) in [6.07, 6.45) is 10.5. The molecule has 0 saturated carbocycles. The Kier molecular flexibility index (Phi) is 7.84. The third-order valence-corrected chi connectivity index (χ3v) is 1.25. The van der Waals surface area contributed by atoms with E-state index in [0.717, 1.165) is 0 Å². The first-order valence-electron chi connectivity index (χ1n) is 4.23. The molecule has 1 amide bonds. The molecule has 3 nitrogen and oxygen atoms in total. The molecule has 0 unspecified atom stereocenters. The van der Waals surface area contributed by atoms with Crippen LogP contribution in [0, 0.1) is 0 Å². The highest BCUT2D eigenvalue weighted by molar-refractivity contribution is 5.87. The van der Waals surface area contributed by atoms with Crippen molar-refractivity contribution in [3.8, 4) is 0 Å². The molecule has 0 radical (unpaired) electrons. The van der Waals surface area contributed by atoms with Crippen molar-refractivity contribution < 1.29 is 4.79 Å². The van der Waals surface area contributed by atoms with Crippen molar-refractivity contribution in [2.45, 2.75) is 6.92 Å². The first-order valence-corrected chi connectivity index (χ1v) is 4.23. The molecular weight excluding hydrogens is 164 g/mol. The smallest absolute Gasteiger partial charge is 0.244 e. The van der Waals surface area contributed by atoms with E-state index in [1.807, 2.05) is 19.1 Å². The molecule has 3 heteroatoms. The Morgan fingerprint density at radius 2 is 2.15 bits per heavy atom. The molecule has 0 rings (SSSR count). The molecule has 3 N–H and O–H groups in total. The maximum Gasteiger partial charge on any atom is 0.244 e. The Balaban J connectivity index is 3.57. The van der Waals surface area contributed by atoms with Gasteiger partial charge in [-0.3, -0.25) is 4.79 Å². The minimum Gasteiger partial charge on any atom is -0.349 e. The first kappa shape index (κ1) is 11.6. The van der Waals surface area contributed by atoms with E-state index in [-0.39, 0.29) is 5.91 Å². The summed E-state index contributed by atoms with van der Waals surface area (Å²) in [7, 11) is 0. The zero-order valence-corrected chi connectivity index (χ0v) is 7.86. The van der Waals surface area contributed by atoms with Crippen molar-refractivity contribution in [2.24, 2.45) is 5.73 Å². The summed E-state index contributed by atoms with van der Waals surface area (Å²) in [6.45, 7) is 2.92. The molecule has 0 heterocycles. The maximum absolute atomic E-state index is 11.0. The van der Waals surface area contributed by atoms with Gasteiger partial charge in [-0.25, -0.2) is 0 Å². The molecule has 0 fully saturated rings. The lowest BCUT2D eigenvalue weighted by atomic mass is 10.4. The van der Waals surface area contributed by atoms with E-state index >= 15 is 0 Å².